The second-order valence-electron chi connectivity index (χ2n) is 3.58. The van der Waals surface area contributed by atoms with Crippen LogP contribution in [-0.4, -0.2) is 47.3 Å². The van der Waals surface area contributed by atoms with Gasteiger partial charge in [-0.3, -0.25) is 0 Å². The molecule has 0 saturated carbocycles. The van der Waals surface area contributed by atoms with E-state index in [-0.39, 0.29) is 18.8 Å². The number of fused-ring (bicyclic) bond motifs is 2. The van der Waals surface area contributed by atoms with Crippen molar-refractivity contribution >= 4 is 0 Å². The Bertz CT molecular complexity index is 184. The van der Waals surface area contributed by atoms with Gasteiger partial charge in [0.2, 0.25) is 0 Å². The average molecular weight is 174 g/mol. The van der Waals surface area contributed by atoms with E-state index >= 15 is 0 Å². The van der Waals surface area contributed by atoms with Crippen molar-refractivity contribution in [3.8, 4) is 0 Å². The van der Waals surface area contributed by atoms with Crippen LogP contribution in [0.15, 0.2) is 0 Å². The van der Waals surface area contributed by atoms with Gasteiger partial charge in [-0.15, -0.1) is 0 Å². The predicted octanol–water partition coefficient (Wildman–Crippen LogP) is -0.714. The molecule has 0 unspecified atom stereocenters. The summed E-state index contributed by atoms with van der Waals surface area (Å²) in [6, 6.07) is 0. The fraction of sp³-hybridized carbons (Fsp3) is 1.00. The normalized spacial score (nSPS) is 52.8. The molecule has 4 atom stereocenters. The predicted molar refractivity (Wildman–Crippen MR) is 40.7 cm³/mol. The lowest BCUT2D eigenvalue weighted by Gasteiger charge is -2.34. The van der Waals surface area contributed by atoms with E-state index in [9.17, 15) is 5.11 Å². The molecule has 70 valence electrons. The third kappa shape index (κ3) is 0.925. The maximum Gasteiger partial charge on any atom is 0.122 e. The first kappa shape index (κ1) is 8.44. The first-order chi connectivity index (χ1) is 5.69. The second kappa shape index (κ2) is 2.67. The van der Waals surface area contributed by atoms with Gasteiger partial charge in [0, 0.05) is 6.42 Å². The van der Waals surface area contributed by atoms with Crippen LogP contribution in [0.3, 0.4) is 0 Å². The lowest BCUT2D eigenvalue weighted by molar-refractivity contribution is -0.139. The van der Waals surface area contributed by atoms with Crippen LogP contribution in [0.1, 0.15) is 13.3 Å². The quantitative estimate of drug-likeness (QED) is 0.551. The molecule has 0 aromatic carbocycles. The van der Waals surface area contributed by atoms with Gasteiger partial charge in [0.25, 0.3) is 0 Å². The first-order valence-corrected chi connectivity index (χ1v) is 4.28. The van der Waals surface area contributed by atoms with Gasteiger partial charge in [0.05, 0.1) is 19.3 Å². The highest BCUT2D eigenvalue weighted by atomic mass is 16.6. The number of aliphatic hydroxyl groups excluding tert-OH is 2. The molecule has 2 fully saturated rings. The number of hydrogen-bond acceptors (Lipinski definition) is 4. The van der Waals surface area contributed by atoms with Gasteiger partial charge in [-0.25, -0.2) is 0 Å². The zero-order chi connectivity index (χ0) is 8.77. The van der Waals surface area contributed by atoms with E-state index < -0.39 is 11.7 Å². The summed E-state index contributed by atoms with van der Waals surface area (Å²) in [5, 5.41) is 18.8. The van der Waals surface area contributed by atoms with E-state index in [2.05, 4.69) is 0 Å². The summed E-state index contributed by atoms with van der Waals surface area (Å²) in [6.07, 6.45) is -0.474. The van der Waals surface area contributed by atoms with Crippen molar-refractivity contribution in [2.24, 2.45) is 0 Å². The van der Waals surface area contributed by atoms with Crippen molar-refractivity contribution in [2.45, 2.75) is 37.3 Å². The molecule has 2 N–H and O–H groups in total. The Hall–Kier alpha value is -0.160. The molecular formula is C8H14O4. The van der Waals surface area contributed by atoms with Crippen LogP contribution < -0.4 is 0 Å². The topological polar surface area (TPSA) is 58.9 Å². The summed E-state index contributed by atoms with van der Waals surface area (Å²) >= 11 is 0. The molecule has 0 aromatic rings. The number of rotatable bonds is 1. The van der Waals surface area contributed by atoms with E-state index in [0.29, 0.717) is 13.0 Å². The van der Waals surface area contributed by atoms with Crippen molar-refractivity contribution in [3.05, 3.63) is 0 Å². The molecular weight excluding hydrogens is 160 g/mol. The Labute approximate surface area is 71.1 Å². The van der Waals surface area contributed by atoms with Crippen LogP contribution in [0.2, 0.25) is 0 Å². The molecule has 0 spiro atoms. The number of aliphatic hydroxyl groups is 2. The highest BCUT2D eigenvalue weighted by molar-refractivity contribution is 5.04. The van der Waals surface area contributed by atoms with Crippen LogP contribution in [0, 0.1) is 0 Å². The monoisotopic (exact) mass is 174 g/mol. The van der Waals surface area contributed by atoms with E-state index in [0.717, 1.165) is 0 Å². The molecule has 0 radical (unpaired) electrons. The fourth-order valence-corrected chi connectivity index (χ4v) is 2.07. The van der Waals surface area contributed by atoms with Crippen molar-refractivity contribution in [2.75, 3.05) is 13.2 Å². The van der Waals surface area contributed by atoms with Gasteiger partial charge in [-0.1, -0.05) is 0 Å². The van der Waals surface area contributed by atoms with Gasteiger partial charge in [0.15, 0.2) is 0 Å². The molecule has 2 aliphatic heterocycles. The lowest BCUT2D eigenvalue weighted by Crippen LogP contribution is -2.51. The SMILES string of the molecule is C[C@@H]1O[C@@]2(CO)CCO[C@@H]1[C@@H]2O. The third-order valence-electron chi connectivity index (χ3n) is 2.84. The minimum atomic E-state index is -0.748. The molecule has 0 aromatic heterocycles. The third-order valence-corrected chi connectivity index (χ3v) is 2.84. The standard InChI is InChI=1S/C8H14O4/c1-5-6-7(10)8(4-9,12-5)2-3-11-6/h5-7,9-10H,2-4H2,1H3/t5-,6-,7-,8+/m0/s1. The Morgan fingerprint density at radius 2 is 2.33 bits per heavy atom. The summed E-state index contributed by atoms with van der Waals surface area (Å²) in [5.41, 5.74) is -0.748. The van der Waals surface area contributed by atoms with Gasteiger partial charge in [-0.05, 0) is 6.92 Å². The molecule has 2 saturated heterocycles. The van der Waals surface area contributed by atoms with E-state index in [1.807, 2.05) is 6.92 Å². The van der Waals surface area contributed by atoms with Crippen LogP contribution in [0.25, 0.3) is 0 Å². The Kier molecular flexibility index (Phi) is 1.88. The molecule has 4 nitrogen and oxygen atoms in total. The minimum Gasteiger partial charge on any atom is -0.393 e. The van der Waals surface area contributed by atoms with Crippen LogP contribution in [0.4, 0.5) is 0 Å². The van der Waals surface area contributed by atoms with Crippen molar-refractivity contribution in [1.29, 1.82) is 0 Å². The zero-order valence-electron chi connectivity index (χ0n) is 7.06. The van der Waals surface area contributed by atoms with Gasteiger partial charge >= 0.3 is 0 Å². The fourth-order valence-electron chi connectivity index (χ4n) is 2.07. The summed E-state index contributed by atoms with van der Waals surface area (Å²) in [5.74, 6) is 0. The molecule has 2 bridgehead atoms. The van der Waals surface area contributed by atoms with Gasteiger partial charge < -0.3 is 19.7 Å². The smallest absolute Gasteiger partial charge is 0.122 e. The summed E-state index contributed by atoms with van der Waals surface area (Å²) in [4.78, 5) is 0. The number of ether oxygens (including phenoxy) is 2. The largest absolute Gasteiger partial charge is 0.393 e. The van der Waals surface area contributed by atoms with Gasteiger partial charge in [-0.2, -0.15) is 0 Å². The molecule has 4 heteroatoms. The molecule has 2 heterocycles. The summed E-state index contributed by atoms with van der Waals surface area (Å²) < 4.78 is 10.8. The Morgan fingerprint density at radius 1 is 1.58 bits per heavy atom. The molecule has 2 rings (SSSR count). The van der Waals surface area contributed by atoms with Crippen molar-refractivity contribution < 1.29 is 19.7 Å². The maximum atomic E-state index is 9.72. The van der Waals surface area contributed by atoms with Crippen LogP contribution in [0.5, 0.6) is 0 Å². The summed E-state index contributed by atoms with van der Waals surface area (Å²) in [6.45, 7) is 2.29. The Morgan fingerprint density at radius 3 is 2.92 bits per heavy atom. The molecule has 2 aliphatic rings. The highest BCUT2D eigenvalue weighted by Gasteiger charge is 2.55. The second-order valence-corrected chi connectivity index (χ2v) is 3.58. The van der Waals surface area contributed by atoms with Crippen molar-refractivity contribution in [1.82, 2.24) is 0 Å². The zero-order valence-corrected chi connectivity index (χ0v) is 7.06. The van der Waals surface area contributed by atoms with Crippen molar-refractivity contribution in [3.63, 3.8) is 0 Å². The average Bonchev–Trinajstić information content (AvgIpc) is 2.23. The Balaban J connectivity index is 2.24. The molecule has 12 heavy (non-hydrogen) atoms. The minimum absolute atomic E-state index is 0.116. The molecule has 0 aliphatic carbocycles. The van der Waals surface area contributed by atoms with E-state index in [1.54, 1.807) is 0 Å². The molecule has 0 amide bonds. The van der Waals surface area contributed by atoms with Crippen LogP contribution >= 0.6 is 0 Å². The van der Waals surface area contributed by atoms with Gasteiger partial charge in [0.1, 0.15) is 17.8 Å². The van der Waals surface area contributed by atoms with E-state index in [4.69, 9.17) is 14.6 Å². The highest BCUT2D eigenvalue weighted by Crippen LogP contribution is 2.38. The van der Waals surface area contributed by atoms with E-state index in [1.165, 1.54) is 0 Å². The maximum absolute atomic E-state index is 9.72. The lowest BCUT2D eigenvalue weighted by atomic mass is 9.90. The first-order valence-electron chi connectivity index (χ1n) is 4.28. The number of hydrogen-bond donors (Lipinski definition) is 2. The van der Waals surface area contributed by atoms with Crippen LogP contribution in [-0.2, 0) is 9.47 Å². The summed E-state index contributed by atoms with van der Waals surface area (Å²) in [7, 11) is 0.